The lowest BCUT2D eigenvalue weighted by molar-refractivity contribution is -0.113. The molecule has 0 aliphatic carbocycles. The van der Waals surface area contributed by atoms with Crippen LogP contribution < -0.4 is 0 Å². The van der Waals surface area contributed by atoms with E-state index >= 15 is 0 Å². The first kappa shape index (κ1) is 13.8. The second kappa shape index (κ2) is 6.50. The van der Waals surface area contributed by atoms with Crippen LogP contribution in [0.15, 0.2) is 40.2 Å². The molecule has 0 N–H and O–H groups in total. The Morgan fingerprint density at radius 2 is 2.06 bits per heavy atom. The molecule has 1 aromatic rings. The molecule has 2 rings (SSSR count). The van der Waals surface area contributed by atoms with Crippen LogP contribution in [0.2, 0.25) is 5.02 Å². The summed E-state index contributed by atoms with van der Waals surface area (Å²) in [5.41, 5.74) is 1.82. The summed E-state index contributed by atoms with van der Waals surface area (Å²) in [7, 11) is 0. The molecule has 94 valence electrons. The molecular formula is C14H13ClOS2. The van der Waals surface area contributed by atoms with Gasteiger partial charge in [0.2, 0.25) is 0 Å². The number of benzene rings is 1. The van der Waals surface area contributed by atoms with Gasteiger partial charge in [-0.05, 0) is 30.7 Å². The molecule has 0 atom stereocenters. The van der Waals surface area contributed by atoms with E-state index in [1.54, 1.807) is 30.4 Å². The maximum Gasteiger partial charge on any atom is 0.161 e. The van der Waals surface area contributed by atoms with E-state index in [0.29, 0.717) is 5.02 Å². The van der Waals surface area contributed by atoms with Crippen molar-refractivity contribution in [3.05, 3.63) is 50.7 Å². The van der Waals surface area contributed by atoms with E-state index in [9.17, 15) is 4.79 Å². The first-order valence-corrected chi connectivity index (χ1v) is 7.96. The van der Waals surface area contributed by atoms with Crippen LogP contribution in [0.5, 0.6) is 0 Å². The number of thioether (sulfide) groups is 2. The van der Waals surface area contributed by atoms with Crippen LogP contribution in [-0.4, -0.2) is 17.3 Å². The highest BCUT2D eigenvalue weighted by molar-refractivity contribution is 8.25. The third-order valence-electron chi connectivity index (χ3n) is 2.44. The van der Waals surface area contributed by atoms with Crippen LogP contribution in [0.25, 0.3) is 6.08 Å². The number of ketones is 1. The lowest BCUT2D eigenvalue weighted by Crippen LogP contribution is -1.94. The number of allylic oxidation sites excluding steroid dienone is 2. The van der Waals surface area contributed by atoms with Gasteiger partial charge in [0.05, 0.1) is 4.24 Å². The first-order valence-electron chi connectivity index (χ1n) is 5.61. The molecule has 18 heavy (non-hydrogen) atoms. The molecule has 0 spiro atoms. The zero-order chi connectivity index (χ0) is 13.0. The summed E-state index contributed by atoms with van der Waals surface area (Å²) in [6.45, 7) is 1.62. The Kier molecular flexibility index (Phi) is 4.98. The van der Waals surface area contributed by atoms with Crippen molar-refractivity contribution in [2.75, 3.05) is 11.5 Å². The van der Waals surface area contributed by atoms with E-state index < -0.39 is 0 Å². The van der Waals surface area contributed by atoms with Crippen LogP contribution >= 0.6 is 35.1 Å². The molecule has 1 aliphatic heterocycles. The van der Waals surface area contributed by atoms with Crippen LogP contribution in [0.1, 0.15) is 12.5 Å². The molecule has 4 heteroatoms. The fourth-order valence-corrected chi connectivity index (χ4v) is 4.39. The quantitative estimate of drug-likeness (QED) is 0.757. The lowest BCUT2D eigenvalue weighted by Gasteiger charge is -2.01. The van der Waals surface area contributed by atoms with E-state index in [4.69, 9.17) is 11.6 Å². The number of hydrogen-bond acceptors (Lipinski definition) is 3. The van der Waals surface area contributed by atoms with Crippen LogP contribution in [-0.2, 0) is 4.79 Å². The Balaban J connectivity index is 2.24. The fourth-order valence-electron chi connectivity index (χ4n) is 1.58. The van der Waals surface area contributed by atoms with Crippen molar-refractivity contribution in [3.8, 4) is 0 Å². The van der Waals surface area contributed by atoms with Gasteiger partial charge in [-0.3, -0.25) is 4.79 Å². The molecule has 1 heterocycles. The van der Waals surface area contributed by atoms with E-state index in [2.05, 4.69) is 0 Å². The first-order chi connectivity index (χ1) is 8.66. The molecule has 1 aliphatic rings. The minimum atomic E-state index is 0.116. The molecule has 0 saturated carbocycles. The van der Waals surface area contributed by atoms with Crippen molar-refractivity contribution in [2.24, 2.45) is 0 Å². The van der Waals surface area contributed by atoms with Crippen molar-refractivity contribution in [3.63, 3.8) is 0 Å². The van der Waals surface area contributed by atoms with E-state index in [1.807, 2.05) is 36.4 Å². The molecular weight excluding hydrogens is 284 g/mol. The average Bonchev–Trinajstić information content (AvgIpc) is 2.82. The second-order valence-corrected chi connectivity index (χ2v) is 6.75. The molecule has 1 saturated heterocycles. The number of halogens is 1. The van der Waals surface area contributed by atoms with Crippen LogP contribution in [0.4, 0.5) is 0 Å². The summed E-state index contributed by atoms with van der Waals surface area (Å²) in [4.78, 5) is 11.7. The van der Waals surface area contributed by atoms with Gasteiger partial charge < -0.3 is 0 Å². The standard InChI is InChI=1S/C14H13ClOS2/c1-10(16)13(14-17-7-8-18-14)6-5-11-3-2-4-12(15)9-11/h2-6,9H,7-8H2,1H3/b6-5+. The van der Waals surface area contributed by atoms with E-state index in [1.165, 1.54) is 0 Å². The van der Waals surface area contributed by atoms with Crippen molar-refractivity contribution in [2.45, 2.75) is 6.92 Å². The molecule has 1 aromatic carbocycles. The molecule has 0 aromatic heterocycles. The van der Waals surface area contributed by atoms with E-state index in [0.717, 1.165) is 26.9 Å². The van der Waals surface area contributed by atoms with Gasteiger partial charge in [0, 0.05) is 22.1 Å². The zero-order valence-corrected chi connectivity index (χ0v) is 12.4. The molecule has 0 amide bonds. The fraction of sp³-hybridized carbons (Fsp3) is 0.214. The number of rotatable bonds is 3. The van der Waals surface area contributed by atoms with Crippen molar-refractivity contribution >= 4 is 47.0 Å². The second-order valence-electron chi connectivity index (χ2n) is 3.84. The Morgan fingerprint density at radius 3 is 2.67 bits per heavy atom. The molecule has 0 bridgehead atoms. The molecule has 0 unspecified atom stereocenters. The zero-order valence-electron chi connectivity index (χ0n) is 9.98. The van der Waals surface area contributed by atoms with Crippen molar-refractivity contribution in [1.82, 2.24) is 0 Å². The lowest BCUT2D eigenvalue weighted by atomic mass is 10.1. The number of Topliss-reactive ketones (excluding diaryl/α,β-unsaturated/α-hetero) is 1. The van der Waals surface area contributed by atoms with Gasteiger partial charge in [0.1, 0.15) is 0 Å². The summed E-state index contributed by atoms with van der Waals surface area (Å²) in [6.07, 6.45) is 3.84. The maximum atomic E-state index is 11.7. The number of hydrogen-bond donors (Lipinski definition) is 0. The van der Waals surface area contributed by atoms with Gasteiger partial charge in [0.15, 0.2) is 5.78 Å². The highest BCUT2D eigenvalue weighted by Crippen LogP contribution is 2.39. The van der Waals surface area contributed by atoms with Crippen LogP contribution in [0, 0.1) is 0 Å². The van der Waals surface area contributed by atoms with Gasteiger partial charge >= 0.3 is 0 Å². The van der Waals surface area contributed by atoms with Crippen molar-refractivity contribution in [1.29, 1.82) is 0 Å². The number of carbonyl (C=O) groups is 1. The summed E-state index contributed by atoms with van der Waals surface area (Å²) in [5, 5.41) is 0.707. The minimum absolute atomic E-state index is 0.116. The topological polar surface area (TPSA) is 17.1 Å². The number of carbonyl (C=O) groups excluding carboxylic acids is 1. The summed E-state index contributed by atoms with van der Waals surface area (Å²) in [6, 6.07) is 7.60. The Hall–Kier alpha value is -0.640. The highest BCUT2D eigenvalue weighted by Gasteiger charge is 2.15. The normalized spacial score (nSPS) is 15.3. The summed E-state index contributed by atoms with van der Waals surface area (Å²) in [5.74, 6) is 2.29. The predicted octanol–water partition coefficient (Wildman–Crippen LogP) is 4.63. The van der Waals surface area contributed by atoms with Crippen molar-refractivity contribution < 1.29 is 4.79 Å². The summed E-state index contributed by atoms with van der Waals surface area (Å²) < 4.78 is 1.14. The third kappa shape index (κ3) is 3.67. The van der Waals surface area contributed by atoms with Gasteiger partial charge in [-0.25, -0.2) is 0 Å². The Labute approximate surface area is 121 Å². The smallest absolute Gasteiger partial charge is 0.161 e. The van der Waals surface area contributed by atoms with Gasteiger partial charge in [0.25, 0.3) is 0 Å². The van der Waals surface area contributed by atoms with E-state index in [-0.39, 0.29) is 5.78 Å². The largest absolute Gasteiger partial charge is 0.294 e. The maximum absolute atomic E-state index is 11.7. The third-order valence-corrected chi connectivity index (χ3v) is 5.42. The monoisotopic (exact) mass is 296 g/mol. The van der Waals surface area contributed by atoms with Crippen LogP contribution in [0.3, 0.4) is 0 Å². The predicted molar refractivity (Wildman–Crippen MR) is 83.1 cm³/mol. The van der Waals surface area contributed by atoms with Gasteiger partial charge in [-0.2, -0.15) is 0 Å². The SMILES string of the molecule is CC(=O)C(/C=C/c1cccc(Cl)c1)=C1SCCS1. The molecule has 0 radical (unpaired) electrons. The van der Waals surface area contributed by atoms with Gasteiger partial charge in [-0.15, -0.1) is 23.5 Å². The Morgan fingerprint density at radius 1 is 1.33 bits per heavy atom. The Bertz CT molecular complexity index is 512. The average molecular weight is 297 g/mol. The minimum Gasteiger partial charge on any atom is -0.294 e. The molecule has 1 nitrogen and oxygen atoms in total. The highest BCUT2D eigenvalue weighted by atomic mass is 35.5. The summed E-state index contributed by atoms with van der Waals surface area (Å²) >= 11 is 9.45. The van der Waals surface area contributed by atoms with Gasteiger partial charge in [-0.1, -0.05) is 29.8 Å². The molecule has 1 fully saturated rings.